The maximum Gasteiger partial charge on any atom is 0.449 e. The van der Waals surface area contributed by atoms with Gasteiger partial charge in [0.05, 0.1) is 25.1 Å². The van der Waals surface area contributed by atoms with Crippen molar-refractivity contribution in [1.82, 2.24) is 0 Å². The number of hydrogen-bond acceptors (Lipinski definition) is 5. The summed E-state index contributed by atoms with van der Waals surface area (Å²) in [5.74, 6) is 0.316. The number of carbonyl (C=O) groups is 1. The molecule has 0 aliphatic carbocycles. The Hall–Kier alpha value is -3.42. The second-order valence-corrected chi connectivity index (χ2v) is 9.59. The smallest absolute Gasteiger partial charge is 0.449 e. The van der Waals surface area contributed by atoms with Crippen molar-refractivity contribution in [2.24, 2.45) is 0 Å². The highest BCUT2D eigenvalue weighted by atomic mass is 19.4. The number of fused-ring (bicyclic) bond motifs is 4. The number of Topliss-reactive ketones (excluding diaryl/α,β-unsaturated/α-hetero) is 1. The van der Waals surface area contributed by atoms with E-state index < -0.39 is 23.0 Å². The first kappa shape index (κ1) is 23.3. The largest absolute Gasteiger partial charge is 0.494 e. The van der Waals surface area contributed by atoms with Crippen molar-refractivity contribution < 1.29 is 31.9 Å². The van der Waals surface area contributed by atoms with Gasteiger partial charge in [0.2, 0.25) is 5.76 Å². The molecular weight excluding hydrogens is 459 g/mol. The molecule has 1 atom stereocenters. The third-order valence-electron chi connectivity index (χ3n) is 6.60. The van der Waals surface area contributed by atoms with E-state index in [1.54, 1.807) is 4.90 Å². The fourth-order valence-electron chi connectivity index (χ4n) is 5.35. The second kappa shape index (κ2) is 8.07. The van der Waals surface area contributed by atoms with E-state index in [-0.39, 0.29) is 24.6 Å². The summed E-state index contributed by atoms with van der Waals surface area (Å²) in [6.45, 7) is 6.39. The van der Waals surface area contributed by atoms with E-state index in [4.69, 9.17) is 13.9 Å². The number of furan rings is 1. The van der Waals surface area contributed by atoms with E-state index in [1.165, 1.54) is 6.07 Å². The maximum absolute atomic E-state index is 14.0. The molecule has 2 aromatic carbocycles. The first-order valence-corrected chi connectivity index (χ1v) is 11.5. The van der Waals surface area contributed by atoms with Gasteiger partial charge in [-0.1, -0.05) is 24.3 Å². The van der Waals surface area contributed by atoms with E-state index in [1.807, 2.05) is 63.2 Å². The van der Waals surface area contributed by atoms with Gasteiger partial charge in [-0.05, 0) is 50.6 Å². The molecule has 0 bridgehead atoms. The van der Waals surface area contributed by atoms with Crippen LogP contribution < -0.4 is 14.4 Å². The number of alkyl halides is 3. The van der Waals surface area contributed by atoms with Crippen LogP contribution >= 0.6 is 0 Å². The van der Waals surface area contributed by atoms with Crippen LogP contribution in [0.1, 0.15) is 49.8 Å². The summed E-state index contributed by atoms with van der Waals surface area (Å²) in [7, 11) is 0. The molecule has 0 N–H and O–H groups in total. The molecule has 2 aliphatic rings. The summed E-state index contributed by atoms with van der Waals surface area (Å²) >= 11 is 0. The number of ketones is 1. The molecule has 1 spiro atoms. The van der Waals surface area contributed by atoms with Crippen LogP contribution in [-0.4, -0.2) is 24.5 Å². The molecule has 1 unspecified atom stereocenters. The maximum atomic E-state index is 14.0. The summed E-state index contributed by atoms with van der Waals surface area (Å²) in [5.41, 5.74) is 0.783. The van der Waals surface area contributed by atoms with E-state index in [0.29, 0.717) is 24.5 Å². The van der Waals surface area contributed by atoms with Crippen LogP contribution in [0.25, 0.3) is 0 Å². The van der Waals surface area contributed by atoms with Gasteiger partial charge < -0.3 is 18.8 Å². The van der Waals surface area contributed by atoms with Crippen molar-refractivity contribution in [3.8, 4) is 11.5 Å². The van der Waals surface area contributed by atoms with E-state index >= 15 is 0 Å². The van der Waals surface area contributed by atoms with Gasteiger partial charge in [0, 0.05) is 23.7 Å². The predicted octanol–water partition coefficient (Wildman–Crippen LogP) is 6.13. The minimum atomic E-state index is -4.56. The average molecular weight is 486 g/mol. The Labute approximate surface area is 201 Å². The summed E-state index contributed by atoms with van der Waals surface area (Å²) in [6, 6.07) is 15.3. The quantitative estimate of drug-likeness (QED) is 0.445. The molecule has 8 heteroatoms. The van der Waals surface area contributed by atoms with Crippen LogP contribution in [0.3, 0.4) is 0 Å². The van der Waals surface area contributed by atoms with E-state index in [9.17, 15) is 18.0 Å². The lowest BCUT2D eigenvalue weighted by molar-refractivity contribution is -0.153. The molecule has 5 rings (SSSR count). The number of carbonyl (C=O) groups excluding carboxylic acids is 1. The predicted molar refractivity (Wildman–Crippen MR) is 124 cm³/mol. The second-order valence-electron chi connectivity index (χ2n) is 9.59. The minimum absolute atomic E-state index is 0.0296. The zero-order valence-electron chi connectivity index (χ0n) is 19.7. The van der Waals surface area contributed by atoms with Crippen molar-refractivity contribution in [3.63, 3.8) is 0 Å². The molecule has 0 radical (unpaired) electrons. The zero-order valence-corrected chi connectivity index (χ0v) is 19.7. The molecule has 0 saturated carbocycles. The van der Waals surface area contributed by atoms with Crippen molar-refractivity contribution in [3.05, 3.63) is 77.2 Å². The number of benzene rings is 2. The molecule has 5 nitrogen and oxygen atoms in total. The Morgan fingerprint density at radius 2 is 1.83 bits per heavy atom. The highest BCUT2D eigenvalue weighted by Gasteiger charge is 2.54. The average Bonchev–Trinajstić information content (AvgIpc) is 3.26. The Morgan fingerprint density at radius 3 is 2.54 bits per heavy atom. The highest BCUT2D eigenvalue weighted by Crippen LogP contribution is 2.54. The molecule has 0 amide bonds. The first-order chi connectivity index (χ1) is 16.5. The Bertz CT molecular complexity index is 1280. The minimum Gasteiger partial charge on any atom is -0.494 e. The Morgan fingerprint density at radius 1 is 1.06 bits per heavy atom. The molecule has 184 valence electrons. The van der Waals surface area contributed by atoms with Gasteiger partial charge in [0.15, 0.2) is 5.78 Å². The third kappa shape index (κ3) is 3.94. The number of rotatable bonds is 4. The SMILES string of the molecule is CCOc1ccc2c(c1)OC(C)(C)CC21C(=O)CN(Cc2ccc(C(F)(F)F)o2)c2ccccc21. The van der Waals surface area contributed by atoms with Gasteiger partial charge in [-0.15, -0.1) is 0 Å². The number of halogens is 3. The molecule has 1 aromatic heterocycles. The molecule has 35 heavy (non-hydrogen) atoms. The van der Waals surface area contributed by atoms with Gasteiger partial charge in [0.1, 0.15) is 22.9 Å². The van der Waals surface area contributed by atoms with E-state index in [0.717, 1.165) is 22.9 Å². The van der Waals surface area contributed by atoms with Crippen molar-refractivity contribution in [1.29, 1.82) is 0 Å². The summed E-state index contributed by atoms with van der Waals surface area (Å²) in [4.78, 5) is 15.8. The molecule has 2 aliphatic heterocycles. The third-order valence-corrected chi connectivity index (χ3v) is 6.60. The summed E-state index contributed by atoms with van der Waals surface area (Å²) in [6.07, 6.45) is -4.13. The zero-order chi connectivity index (χ0) is 25.0. The topological polar surface area (TPSA) is 51.9 Å². The lowest BCUT2D eigenvalue weighted by Crippen LogP contribution is -2.55. The first-order valence-electron chi connectivity index (χ1n) is 11.5. The fraction of sp³-hybridized carbons (Fsp3) is 0.370. The summed E-state index contributed by atoms with van der Waals surface area (Å²) in [5, 5.41) is 0. The van der Waals surface area contributed by atoms with Gasteiger partial charge >= 0.3 is 6.18 Å². The van der Waals surface area contributed by atoms with Gasteiger partial charge in [-0.3, -0.25) is 4.79 Å². The molecule has 3 heterocycles. The number of ether oxygens (including phenoxy) is 2. The molecular formula is C27H26F3NO4. The van der Waals surface area contributed by atoms with Crippen LogP contribution in [0, 0.1) is 0 Å². The normalized spacial score (nSPS) is 20.9. The molecule has 0 saturated heterocycles. The van der Waals surface area contributed by atoms with Crippen LogP contribution in [0.4, 0.5) is 18.9 Å². The van der Waals surface area contributed by atoms with Gasteiger partial charge in [-0.25, -0.2) is 0 Å². The monoisotopic (exact) mass is 485 g/mol. The highest BCUT2D eigenvalue weighted by molar-refractivity contribution is 6.02. The van der Waals surface area contributed by atoms with Crippen molar-refractivity contribution in [2.45, 2.75) is 50.9 Å². The van der Waals surface area contributed by atoms with Crippen LogP contribution in [-0.2, 0) is 22.9 Å². The van der Waals surface area contributed by atoms with Crippen LogP contribution in [0.2, 0.25) is 0 Å². The summed E-state index contributed by atoms with van der Waals surface area (Å²) < 4.78 is 56.1. The van der Waals surface area contributed by atoms with Gasteiger partial charge in [-0.2, -0.15) is 13.2 Å². The fourth-order valence-corrected chi connectivity index (χ4v) is 5.35. The number of para-hydroxylation sites is 1. The van der Waals surface area contributed by atoms with E-state index in [2.05, 4.69) is 0 Å². The Kier molecular flexibility index (Phi) is 5.38. The van der Waals surface area contributed by atoms with Gasteiger partial charge in [0.25, 0.3) is 0 Å². The number of nitrogens with zero attached hydrogens (tertiary/aromatic N) is 1. The molecule has 0 fully saturated rings. The number of hydrogen-bond donors (Lipinski definition) is 0. The lowest BCUT2D eigenvalue weighted by atomic mass is 9.62. The Balaban J connectivity index is 1.60. The van der Waals surface area contributed by atoms with Crippen molar-refractivity contribution in [2.75, 3.05) is 18.1 Å². The van der Waals surface area contributed by atoms with Crippen LogP contribution in [0.5, 0.6) is 11.5 Å². The van der Waals surface area contributed by atoms with Crippen molar-refractivity contribution >= 4 is 11.5 Å². The molecule has 3 aromatic rings. The standard InChI is InChI=1S/C27H26F3NO4/c1-4-33-17-9-11-20-22(13-17)35-25(2,3)16-26(20)19-7-5-6-8-21(19)31(15-23(26)32)14-18-10-12-24(34-18)27(28,29)30/h5-13H,4,14-16H2,1-3H3. The number of anilines is 1. The lowest BCUT2D eigenvalue weighted by Gasteiger charge is -2.49. The van der Waals surface area contributed by atoms with Crippen LogP contribution in [0.15, 0.2) is 59.0 Å².